The Morgan fingerprint density at radius 2 is 2.21 bits per heavy atom. The summed E-state index contributed by atoms with van der Waals surface area (Å²) in [5.74, 6) is 0.420. The quantitative estimate of drug-likeness (QED) is 0.700. The molecule has 0 fully saturated rings. The van der Waals surface area contributed by atoms with Crippen LogP contribution in [0.3, 0.4) is 0 Å². The molecule has 14 heavy (non-hydrogen) atoms. The van der Waals surface area contributed by atoms with E-state index in [9.17, 15) is 4.79 Å². The number of carbonyl (C=O) groups is 1. The van der Waals surface area contributed by atoms with Crippen LogP contribution in [0.2, 0.25) is 0 Å². The van der Waals surface area contributed by atoms with Crippen molar-refractivity contribution in [3.63, 3.8) is 0 Å². The number of rotatable bonds is 5. The third-order valence-electron chi connectivity index (χ3n) is 1.73. The van der Waals surface area contributed by atoms with Gasteiger partial charge in [-0.05, 0) is 12.8 Å². The van der Waals surface area contributed by atoms with Gasteiger partial charge in [-0.1, -0.05) is 19.9 Å². The minimum Gasteiger partial charge on any atom is -0.395 e. The molecule has 0 aliphatic rings. The lowest BCUT2D eigenvalue weighted by molar-refractivity contribution is 0.183. The lowest BCUT2D eigenvalue weighted by Gasteiger charge is -2.18. The van der Waals surface area contributed by atoms with Gasteiger partial charge in [0.05, 0.1) is 6.61 Å². The lowest BCUT2D eigenvalue weighted by atomic mass is 10.2. The number of nitrogens with one attached hydrogen (secondary N) is 1. The molecule has 0 aromatic rings. The Balaban J connectivity index is 3.92. The van der Waals surface area contributed by atoms with Crippen molar-refractivity contribution < 1.29 is 9.90 Å². The van der Waals surface area contributed by atoms with Crippen LogP contribution in [0.25, 0.3) is 0 Å². The van der Waals surface area contributed by atoms with Crippen LogP contribution in [0.15, 0.2) is 12.3 Å². The molecule has 0 aromatic carbocycles. The molecule has 82 valence electrons. The molecule has 2 N–H and O–H groups in total. The number of carbonyl (C=O) groups excluding carboxylic acids is 1. The van der Waals surface area contributed by atoms with E-state index in [1.54, 1.807) is 11.1 Å². The maximum absolute atomic E-state index is 11.4. The predicted octanol–water partition coefficient (Wildman–Crippen LogP) is 1.18. The van der Waals surface area contributed by atoms with Crippen LogP contribution in [0.5, 0.6) is 0 Å². The molecule has 4 nitrogen and oxygen atoms in total. The van der Waals surface area contributed by atoms with Gasteiger partial charge in [-0.3, -0.25) is 0 Å². The molecule has 0 spiro atoms. The van der Waals surface area contributed by atoms with Crippen molar-refractivity contribution in [1.82, 2.24) is 10.2 Å². The number of urea groups is 1. The van der Waals surface area contributed by atoms with Gasteiger partial charge in [-0.15, -0.1) is 0 Å². The Morgan fingerprint density at radius 1 is 1.57 bits per heavy atom. The fourth-order valence-corrected chi connectivity index (χ4v) is 0.927. The molecule has 0 saturated heterocycles. The molecular formula is C10H20N2O2. The zero-order chi connectivity index (χ0) is 11.0. The van der Waals surface area contributed by atoms with Crippen LogP contribution in [0.4, 0.5) is 4.79 Å². The first-order valence-corrected chi connectivity index (χ1v) is 4.94. The van der Waals surface area contributed by atoms with E-state index in [0.717, 1.165) is 0 Å². The van der Waals surface area contributed by atoms with Gasteiger partial charge in [0.15, 0.2) is 0 Å². The first-order valence-electron chi connectivity index (χ1n) is 4.94. The van der Waals surface area contributed by atoms with E-state index < -0.39 is 0 Å². The topological polar surface area (TPSA) is 52.6 Å². The molecule has 4 heteroatoms. The molecule has 0 saturated carbocycles. The van der Waals surface area contributed by atoms with E-state index in [2.05, 4.69) is 5.32 Å². The van der Waals surface area contributed by atoms with Crippen molar-refractivity contribution in [1.29, 1.82) is 0 Å². The van der Waals surface area contributed by atoms with Gasteiger partial charge >= 0.3 is 6.03 Å². The number of likely N-dealkylation sites (N-methyl/N-ethyl adjacent to an activating group) is 1. The Labute approximate surface area is 85.6 Å². The van der Waals surface area contributed by atoms with Crippen molar-refractivity contribution in [2.45, 2.75) is 20.8 Å². The smallest absolute Gasteiger partial charge is 0.321 e. The van der Waals surface area contributed by atoms with Gasteiger partial charge in [0, 0.05) is 19.3 Å². The second-order valence-corrected chi connectivity index (χ2v) is 3.36. The standard InChI is InChI=1S/C10H20N2O2/c1-4-12(7-8-13)10(14)11-6-5-9(2)3/h5-6,9,13H,4,7-8H2,1-3H3,(H,11,14)/b6-5+. The number of allylic oxidation sites excluding steroid dienone is 1. The average Bonchev–Trinajstić information content (AvgIpc) is 2.13. The maximum atomic E-state index is 11.4. The van der Waals surface area contributed by atoms with E-state index in [-0.39, 0.29) is 12.6 Å². The fourth-order valence-electron chi connectivity index (χ4n) is 0.927. The number of nitrogens with zero attached hydrogens (tertiary/aromatic N) is 1. The molecule has 0 aliphatic carbocycles. The van der Waals surface area contributed by atoms with Gasteiger partial charge in [-0.25, -0.2) is 4.79 Å². The van der Waals surface area contributed by atoms with Crippen molar-refractivity contribution in [3.05, 3.63) is 12.3 Å². The van der Waals surface area contributed by atoms with Crippen LogP contribution in [-0.4, -0.2) is 35.7 Å². The summed E-state index contributed by atoms with van der Waals surface area (Å²) in [4.78, 5) is 12.9. The largest absolute Gasteiger partial charge is 0.395 e. The summed E-state index contributed by atoms with van der Waals surface area (Å²) in [5.41, 5.74) is 0. The van der Waals surface area contributed by atoms with Crippen molar-refractivity contribution in [2.24, 2.45) is 5.92 Å². The van der Waals surface area contributed by atoms with Crippen LogP contribution < -0.4 is 5.32 Å². The van der Waals surface area contributed by atoms with E-state index in [1.165, 1.54) is 0 Å². The van der Waals surface area contributed by atoms with E-state index in [1.807, 2.05) is 26.8 Å². The average molecular weight is 200 g/mol. The first kappa shape index (κ1) is 13.0. The highest BCUT2D eigenvalue weighted by molar-refractivity contribution is 5.75. The van der Waals surface area contributed by atoms with Gasteiger partial charge in [0.2, 0.25) is 0 Å². The van der Waals surface area contributed by atoms with Gasteiger partial charge < -0.3 is 15.3 Å². The summed E-state index contributed by atoms with van der Waals surface area (Å²) in [5, 5.41) is 11.3. The Hall–Kier alpha value is -1.03. The number of aliphatic hydroxyl groups excluding tert-OH is 1. The zero-order valence-corrected chi connectivity index (χ0v) is 9.16. The van der Waals surface area contributed by atoms with E-state index >= 15 is 0 Å². The summed E-state index contributed by atoms with van der Waals surface area (Å²) in [6.07, 6.45) is 3.55. The second-order valence-electron chi connectivity index (χ2n) is 3.36. The number of hydrogen-bond donors (Lipinski definition) is 2. The predicted molar refractivity (Wildman–Crippen MR) is 56.8 cm³/mol. The highest BCUT2D eigenvalue weighted by atomic mass is 16.3. The van der Waals surface area contributed by atoms with Crippen molar-refractivity contribution >= 4 is 6.03 Å². The lowest BCUT2D eigenvalue weighted by Crippen LogP contribution is -2.39. The summed E-state index contributed by atoms with van der Waals surface area (Å²) in [7, 11) is 0. The molecule has 2 amide bonds. The molecule has 0 aromatic heterocycles. The summed E-state index contributed by atoms with van der Waals surface area (Å²) in [6.45, 7) is 6.91. The molecule has 0 radical (unpaired) electrons. The Morgan fingerprint density at radius 3 is 2.64 bits per heavy atom. The minimum atomic E-state index is -0.168. The third kappa shape index (κ3) is 5.59. The summed E-state index contributed by atoms with van der Waals surface area (Å²) in [6, 6.07) is -0.168. The van der Waals surface area contributed by atoms with Crippen LogP contribution in [0, 0.1) is 5.92 Å². The van der Waals surface area contributed by atoms with Crippen molar-refractivity contribution in [2.75, 3.05) is 19.7 Å². The van der Waals surface area contributed by atoms with Gasteiger partial charge in [-0.2, -0.15) is 0 Å². The van der Waals surface area contributed by atoms with Gasteiger partial charge in [0.1, 0.15) is 0 Å². The van der Waals surface area contributed by atoms with Gasteiger partial charge in [0.25, 0.3) is 0 Å². The minimum absolute atomic E-state index is 0.00481. The number of aliphatic hydroxyl groups is 1. The van der Waals surface area contributed by atoms with E-state index in [4.69, 9.17) is 5.11 Å². The summed E-state index contributed by atoms with van der Waals surface area (Å²) < 4.78 is 0. The molecule has 0 rings (SSSR count). The Bertz CT molecular complexity index is 191. The molecular weight excluding hydrogens is 180 g/mol. The highest BCUT2D eigenvalue weighted by Crippen LogP contribution is 1.92. The maximum Gasteiger partial charge on any atom is 0.321 e. The zero-order valence-electron chi connectivity index (χ0n) is 9.16. The molecule has 0 heterocycles. The highest BCUT2D eigenvalue weighted by Gasteiger charge is 2.07. The van der Waals surface area contributed by atoms with Crippen LogP contribution in [-0.2, 0) is 0 Å². The molecule has 0 atom stereocenters. The summed E-state index contributed by atoms with van der Waals surface area (Å²) >= 11 is 0. The molecule has 0 bridgehead atoms. The first-order chi connectivity index (χ1) is 6.61. The van der Waals surface area contributed by atoms with Crippen LogP contribution in [0.1, 0.15) is 20.8 Å². The molecule has 0 unspecified atom stereocenters. The monoisotopic (exact) mass is 200 g/mol. The van der Waals surface area contributed by atoms with Crippen molar-refractivity contribution in [3.8, 4) is 0 Å². The molecule has 0 aliphatic heterocycles. The second kappa shape index (κ2) is 7.38. The number of amides is 2. The SMILES string of the molecule is CCN(CCO)C(=O)N/C=C/C(C)C. The third-order valence-corrected chi connectivity index (χ3v) is 1.73. The number of hydrogen-bond acceptors (Lipinski definition) is 2. The van der Waals surface area contributed by atoms with Crippen LogP contribution >= 0.6 is 0 Å². The van der Waals surface area contributed by atoms with E-state index in [0.29, 0.717) is 19.0 Å². The normalized spacial score (nSPS) is 10.9. The fraction of sp³-hybridized carbons (Fsp3) is 0.700. The Kier molecular flexibility index (Phi) is 6.84.